The van der Waals surface area contributed by atoms with Gasteiger partial charge in [-0.25, -0.2) is 0 Å². The predicted molar refractivity (Wildman–Crippen MR) is 78.3 cm³/mol. The minimum atomic E-state index is 0.0812. The van der Waals surface area contributed by atoms with Crippen molar-refractivity contribution < 1.29 is 4.79 Å². The predicted octanol–water partition coefficient (Wildman–Crippen LogP) is 2.26. The van der Waals surface area contributed by atoms with Gasteiger partial charge in [-0.05, 0) is 25.7 Å². The van der Waals surface area contributed by atoms with E-state index in [0.29, 0.717) is 11.7 Å². The molecular formula is C12H22N2OS2. The van der Waals surface area contributed by atoms with Crippen LogP contribution in [0.3, 0.4) is 0 Å². The first kappa shape index (κ1) is 14.8. The summed E-state index contributed by atoms with van der Waals surface area (Å²) in [4.78, 5) is 13.9. The molecule has 1 fully saturated rings. The third-order valence-electron chi connectivity index (χ3n) is 3.08. The summed E-state index contributed by atoms with van der Waals surface area (Å²) in [6.45, 7) is 8.34. The standard InChI is InChI=1S/C12H22N2OS2/c1-9(2)10(3)13-11(15)8-17-12(16)14-6-4-5-7-14/h9-10H,4-8H2,1-3H3,(H,13,15). The second-order valence-corrected chi connectivity index (χ2v) is 6.46. The molecule has 0 aromatic carbocycles. The van der Waals surface area contributed by atoms with Crippen LogP contribution >= 0.6 is 24.0 Å². The topological polar surface area (TPSA) is 32.3 Å². The average molecular weight is 274 g/mol. The number of amides is 1. The van der Waals surface area contributed by atoms with Crippen molar-refractivity contribution in [1.82, 2.24) is 10.2 Å². The molecule has 0 aliphatic carbocycles. The Labute approximate surface area is 114 Å². The van der Waals surface area contributed by atoms with E-state index < -0.39 is 0 Å². The average Bonchev–Trinajstić information content (AvgIpc) is 2.79. The van der Waals surface area contributed by atoms with Crippen LogP contribution in [0.2, 0.25) is 0 Å². The van der Waals surface area contributed by atoms with E-state index in [-0.39, 0.29) is 11.9 Å². The van der Waals surface area contributed by atoms with Crippen LogP contribution in [0.5, 0.6) is 0 Å². The molecule has 1 atom stereocenters. The molecule has 1 saturated heterocycles. The second kappa shape index (κ2) is 7.21. The van der Waals surface area contributed by atoms with E-state index in [1.807, 2.05) is 6.92 Å². The minimum Gasteiger partial charge on any atom is -0.358 e. The normalized spacial score (nSPS) is 17.3. The Bertz CT molecular complexity index is 276. The Morgan fingerprint density at radius 3 is 2.47 bits per heavy atom. The third-order valence-corrected chi connectivity index (χ3v) is 4.60. The number of hydrogen-bond donors (Lipinski definition) is 1. The fourth-order valence-corrected chi connectivity index (χ4v) is 2.64. The highest BCUT2D eigenvalue weighted by atomic mass is 32.2. The highest BCUT2D eigenvalue weighted by Crippen LogP contribution is 2.16. The van der Waals surface area contributed by atoms with Gasteiger partial charge in [-0.2, -0.15) is 0 Å². The highest BCUT2D eigenvalue weighted by Gasteiger charge is 2.17. The number of nitrogens with zero attached hydrogens (tertiary/aromatic N) is 1. The van der Waals surface area contributed by atoms with Crippen LogP contribution in [-0.4, -0.2) is 40.0 Å². The van der Waals surface area contributed by atoms with E-state index in [4.69, 9.17) is 12.2 Å². The van der Waals surface area contributed by atoms with Crippen molar-refractivity contribution in [1.29, 1.82) is 0 Å². The Kier molecular flexibility index (Phi) is 6.27. The maximum absolute atomic E-state index is 11.7. The van der Waals surface area contributed by atoms with Gasteiger partial charge in [-0.1, -0.05) is 37.8 Å². The summed E-state index contributed by atoms with van der Waals surface area (Å²) in [6.07, 6.45) is 2.44. The van der Waals surface area contributed by atoms with Crippen LogP contribution < -0.4 is 5.32 Å². The lowest BCUT2D eigenvalue weighted by Gasteiger charge is -2.19. The van der Waals surface area contributed by atoms with Crippen LogP contribution in [0.1, 0.15) is 33.6 Å². The quantitative estimate of drug-likeness (QED) is 0.797. The summed E-state index contributed by atoms with van der Waals surface area (Å²) in [5.74, 6) is 0.985. The van der Waals surface area contributed by atoms with Crippen LogP contribution in [0.4, 0.5) is 0 Å². The lowest BCUT2D eigenvalue weighted by Crippen LogP contribution is -2.37. The van der Waals surface area contributed by atoms with Gasteiger partial charge in [-0.3, -0.25) is 4.79 Å². The molecule has 5 heteroatoms. The molecule has 0 spiro atoms. The first-order valence-corrected chi connectivity index (χ1v) is 7.61. The summed E-state index contributed by atoms with van der Waals surface area (Å²) in [6, 6.07) is 0.225. The molecule has 3 nitrogen and oxygen atoms in total. The zero-order valence-corrected chi connectivity index (χ0v) is 12.5. The van der Waals surface area contributed by atoms with Crippen molar-refractivity contribution >= 4 is 34.2 Å². The summed E-state index contributed by atoms with van der Waals surface area (Å²) < 4.78 is 0.870. The SMILES string of the molecule is CC(C)C(C)NC(=O)CSC(=S)N1CCCC1. The van der Waals surface area contributed by atoms with Gasteiger partial charge in [0.2, 0.25) is 5.91 Å². The van der Waals surface area contributed by atoms with E-state index in [2.05, 4.69) is 24.1 Å². The molecule has 1 rings (SSSR count). The van der Waals surface area contributed by atoms with Crippen molar-refractivity contribution in [3.8, 4) is 0 Å². The van der Waals surface area contributed by atoms with Gasteiger partial charge in [0.15, 0.2) is 0 Å². The third kappa shape index (κ3) is 5.25. The maximum Gasteiger partial charge on any atom is 0.230 e. The van der Waals surface area contributed by atoms with E-state index in [9.17, 15) is 4.79 Å². The Balaban J connectivity index is 2.21. The van der Waals surface area contributed by atoms with Gasteiger partial charge in [0.25, 0.3) is 0 Å². The fraction of sp³-hybridized carbons (Fsp3) is 0.833. The number of nitrogens with one attached hydrogen (secondary N) is 1. The van der Waals surface area contributed by atoms with Crippen molar-refractivity contribution in [3.05, 3.63) is 0 Å². The first-order chi connectivity index (χ1) is 8.00. The molecular weight excluding hydrogens is 252 g/mol. The molecule has 1 aliphatic rings. The minimum absolute atomic E-state index is 0.0812. The molecule has 0 aromatic heterocycles. The van der Waals surface area contributed by atoms with E-state index in [1.54, 1.807) is 0 Å². The second-order valence-electron chi connectivity index (χ2n) is 4.85. The molecule has 0 aromatic rings. The van der Waals surface area contributed by atoms with Gasteiger partial charge >= 0.3 is 0 Å². The molecule has 1 heterocycles. The van der Waals surface area contributed by atoms with E-state index >= 15 is 0 Å². The van der Waals surface area contributed by atoms with Gasteiger partial charge < -0.3 is 10.2 Å². The molecule has 1 unspecified atom stereocenters. The number of likely N-dealkylation sites (tertiary alicyclic amines) is 1. The molecule has 1 aliphatic heterocycles. The van der Waals surface area contributed by atoms with Crippen LogP contribution in [0.25, 0.3) is 0 Å². The molecule has 0 radical (unpaired) electrons. The summed E-state index contributed by atoms with van der Waals surface area (Å²) in [5, 5.41) is 2.99. The summed E-state index contributed by atoms with van der Waals surface area (Å²) in [5.41, 5.74) is 0. The number of rotatable bonds is 4. The summed E-state index contributed by atoms with van der Waals surface area (Å²) in [7, 11) is 0. The van der Waals surface area contributed by atoms with Crippen molar-refractivity contribution in [2.45, 2.75) is 39.7 Å². The van der Waals surface area contributed by atoms with Crippen molar-refractivity contribution in [2.75, 3.05) is 18.8 Å². The zero-order valence-electron chi connectivity index (χ0n) is 10.9. The van der Waals surface area contributed by atoms with Gasteiger partial charge in [0.05, 0.1) is 5.75 Å². The number of thiocarbonyl (C=S) groups is 1. The van der Waals surface area contributed by atoms with Gasteiger partial charge in [0, 0.05) is 19.1 Å². The Morgan fingerprint density at radius 1 is 1.35 bits per heavy atom. The number of thioether (sulfide) groups is 1. The van der Waals surface area contributed by atoms with Crippen LogP contribution in [0.15, 0.2) is 0 Å². The van der Waals surface area contributed by atoms with E-state index in [1.165, 1.54) is 24.6 Å². The van der Waals surface area contributed by atoms with Gasteiger partial charge in [0.1, 0.15) is 4.32 Å². The highest BCUT2D eigenvalue weighted by molar-refractivity contribution is 8.23. The number of hydrogen-bond acceptors (Lipinski definition) is 3. The van der Waals surface area contributed by atoms with Crippen molar-refractivity contribution in [2.24, 2.45) is 5.92 Å². The number of carbonyl (C=O) groups excluding carboxylic acids is 1. The Morgan fingerprint density at radius 2 is 1.94 bits per heavy atom. The lowest BCUT2D eigenvalue weighted by molar-refractivity contribution is -0.119. The monoisotopic (exact) mass is 274 g/mol. The van der Waals surface area contributed by atoms with Crippen molar-refractivity contribution in [3.63, 3.8) is 0 Å². The van der Waals surface area contributed by atoms with Crippen LogP contribution in [0, 0.1) is 5.92 Å². The first-order valence-electron chi connectivity index (χ1n) is 6.21. The fourth-order valence-electron chi connectivity index (χ4n) is 1.58. The smallest absolute Gasteiger partial charge is 0.230 e. The molecule has 0 bridgehead atoms. The summed E-state index contributed by atoms with van der Waals surface area (Å²) >= 11 is 6.79. The number of carbonyl (C=O) groups is 1. The lowest BCUT2D eigenvalue weighted by atomic mass is 10.1. The molecule has 0 saturated carbocycles. The largest absolute Gasteiger partial charge is 0.358 e. The molecule has 1 N–H and O–H groups in total. The molecule has 1 amide bonds. The Hall–Kier alpha value is -0.290. The molecule has 17 heavy (non-hydrogen) atoms. The maximum atomic E-state index is 11.7. The van der Waals surface area contributed by atoms with E-state index in [0.717, 1.165) is 17.4 Å². The van der Waals surface area contributed by atoms with Gasteiger partial charge in [-0.15, -0.1) is 0 Å². The molecule has 98 valence electrons. The zero-order chi connectivity index (χ0) is 12.8. The van der Waals surface area contributed by atoms with Crippen LogP contribution in [-0.2, 0) is 4.79 Å².